The molecule has 0 atom stereocenters. The van der Waals surface area contributed by atoms with Gasteiger partial charge < -0.3 is 5.32 Å². The summed E-state index contributed by atoms with van der Waals surface area (Å²) in [6, 6.07) is 6.39. The van der Waals surface area contributed by atoms with Crippen molar-refractivity contribution in [2.75, 3.05) is 5.32 Å². The monoisotopic (exact) mass is 313 g/mol. The molecule has 2 aromatic rings. The zero-order chi connectivity index (χ0) is 16.3. The van der Waals surface area contributed by atoms with Gasteiger partial charge in [0.1, 0.15) is 6.42 Å². The second kappa shape index (κ2) is 6.12. The molecular formula is C13H14F3N5O. The van der Waals surface area contributed by atoms with Crippen LogP contribution in [0.4, 0.5) is 18.9 Å². The number of halogens is 3. The number of amides is 1. The Labute approximate surface area is 124 Å². The highest BCUT2D eigenvalue weighted by Gasteiger charge is 2.31. The Morgan fingerprint density at radius 2 is 2.00 bits per heavy atom. The fourth-order valence-electron chi connectivity index (χ4n) is 1.88. The van der Waals surface area contributed by atoms with Crippen LogP contribution in [-0.4, -0.2) is 32.3 Å². The lowest BCUT2D eigenvalue weighted by Crippen LogP contribution is -2.21. The van der Waals surface area contributed by atoms with Crippen LogP contribution in [0, 0.1) is 0 Å². The Morgan fingerprint density at radius 1 is 1.32 bits per heavy atom. The number of carbonyl (C=O) groups is 1. The summed E-state index contributed by atoms with van der Waals surface area (Å²) in [4.78, 5) is 11.5. The Morgan fingerprint density at radius 3 is 2.64 bits per heavy atom. The lowest BCUT2D eigenvalue weighted by molar-refractivity contribution is -0.150. The highest BCUT2D eigenvalue weighted by atomic mass is 19.4. The Hall–Kier alpha value is -2.45. The third-order valence-electron chi connectivity index (χ3n) is 2.79. The van der Waals surface area contributed by atoms with Gasteiger partial charge in [0.2, 0.25) is 5.91 Å². The summed E-state index contributed by atoms with van der Waals surface area (Å²) in [7, 11) is 0. The highest BCUT2D eigenvalue weighted by molar-refractivity contribution is 5.95. The number of aromatic nitrogens is 4. The number of hydrogen-bond acceptors (Lipinski definition) is 4. The van der Waals surface area contributed by atoms with Crippen molar-refractivity contribution in [2.45, 2.75) is 32.5 Å². The molecule has 0 aliphatic rings. The van der Waals surface area contributed by atoms with Crippen LogP contribution in [0.1, 0.15) is 26.3 Å². The molecule has 1 aromatic heterocycles. The van der Waals surface area contributed by atoms with E-state index in [2.05, 4.69) is 20.8 Å². The Bertz CT molecular complexity index is 666. The summed E-state index contributed by atoms with van der Waals surface area (Å²) in [6.45, 7) is 3.73. The summed E-state index contributed by atoms with van der Waals surface area (Å²) >= 11 is 0. The van der Waals surface area contributed by atoms with Gasteiger partial charge in [0.05, 0.1) is 11.7 Å². The van der Waals surface area contributed by atoms with Crippen molar-refractivity contribution in [2.24, 2.45) is 0 Å². The average Bonchev–Trinajstić information content (AvgIpc) is 2.86. The van der Waals surface area contributed by atoms with Crippen molar-refractivity contribution in [1.29, 1.82) is 0 Å². The quantitative estimate of drug-likeness (QED) is 0.942. The molecule has 9 heteroatoms. The largest absolute Gasteiger partial charge is 0.397 e. The first-order valence-electron chi connectivity index (χ1n) is 6.52. The molecule has 118 valence electrons. The van der Waals surface area contributed by atoms with Gasteiger partial charge in [0.25, 0.3) is 0 Å². The first-order chi connectivity index (χ1) is 10.3. The maximum Gasteiger partial charge on any atom is 0.397 e. The smallest absolute Gasteiger partial charge is 0.325 e. The molecule has 0 fully saturated rings. The van der Waals surface area contributed by atoms with Crippen LogP contribution in [0.15, 0.2) is 24.3 Å². The first-order valence-corrected chi connectivity index (χ1v) is 6.52. The molecule has 0 unspecified atom stereocenters. The fourth-order valence-corrected chi connectivity index (χ4v) is 1.88. The number of alkyl halides is 3. The number of rotatable bonds is 4. The number of carbonyl (C=O) groups excluding carboxylic acids is 1. The molecule has 0 aliphatic heterocycles. The van der Waals surface area contributed by atoms with Crippen LogP contribution in [-0.2, 0) is 4.79 Å². The topological polar surface area (TPSA) is 72.7 Å². The molecule has 1 N–H and O–H groups in total. The highest BCUT2D eigenvalue weighted by Crippen LogP contribution is 2.28. The van der Waals surface area contributed by atoms with Crippen molar-refractivity contribution in [1.82, 2.24) is 20.2 Å². The van der Waals surface area contributed by atoms with E-state index in [9.17, 15) is 18.0 Å². The second-order valence-electron chi connectivity index (χ2n) is 4.93. The Balaban J connectivity index is 2.31. The standard InChI is InChI=1S/C13H14F3N5O/c1-8(2)21-12(18-19-20-21)9-5-3-4-6-10(9)17-11(22)7-13(14,15)16/h3-6,8H,7H2,1-2H3,(H,17,22). The van der Waals surface area contributed by atoms with E-state index in [1.54, 1.807) is 18.2 Å². The van der Waals surface area contributed by atoms with E-state index in [0.29, 0.717) is 11.4 Å². The van der Waals surface area contributed by atoms with Gasteiger partial charge in [0, 0.05) is 5.56 Å². The van der Waals surface area contributed by atoms with Crippen LogP contribution >= 0.6 is 0 Å². The molecule has 1 heterocycles. The lowest BCUT2D eigenvalue weighted by Gasteiger charge is -2.13. The third kappa shape index (κ3) is 3.80. The minimum Gasteiger partial charge on any atom is -0.325 e. The molecule has 0 saturated carbocycles. The van der Waals surface area contributed by atoms with Gasteiger partial charge in [-0.25, -0.2) is 4.68 Å². The summed E-state index contributed by atoms with van der Waals surface area (Å²) in [5.41, 5.74) is 0.685. The average molecular weight is 313 g/mol. The molecular weight excluding hydrogens is 299 g/mol. The van der Waals surface area contributed by atoms with Gasteiger partial charge in [-0.1, -0.05) is 12.1 Å². The van der Waals surface area contributed by atoms with Gasteiger partial charge in [-0.3, -0.25) is 4.79 Å². The molecule has 2 rings (SSSR count). The van der Waals surface area contributed by atoms with E-state index in [1.165, 1.54) is 10.7 Å². The summed E-state index contributed by atoms with van der Waals surface area (Å²) in [5.74, 6) is -0.763. The van der Waals surface area contributed by atoms with Crippen LogP contribution < -0.4 is 5.32 Å². The normalized spacial score (nSPS) is 11.7. The number of anilines is 1. The number of benzene rings is 1. The second-order valence-corrected chi connectivity index (χ2v) is 4.93. The molecule has 1 amide bonds. The molecule has 22 heavy (non-hydrogen) atoms. The molecule has 0 saturated heterocycles. The zero-order valence-electron chi connectivity index (χ0n) is 11.9. The summed E-state index contributed by atoms with van der Waals surface area (Å²) in [5, 5.41) is 13.5. The van der Waals surface area contributed by atoms with E-state index < -0.39 is 18.5 Å². The maximum absolute atomic E-state index is 12.3. The first kappa shape index (κ1) is 15.9. The van der Waals surface area contributed by atoms with Crippen molar-refractivity contribution in [3.8, 4) is 11.4 Å². The van der Waals surface area contributed by atoms with Crippen LogP contribution in [0.2, 0.25) is 0 Å². The van der Waals surface area contributed by atoms with Gasteiger partial charge in [-0.05, 0) is 36.4 Å². The van der Waals surface area contributed by atoms with E-state index in [1.807, 2.05) is 13.8 Å². The molecule has 1 aromatic carbocycles. The van der Waals surface area contributed by atoms with E-state index in [-0.39, 0.29) is 11.7 Å². The summed E-state index contributed by atoms with van der Waals surface area (Å²) < 4.78 is 38.3. The molecule has 0 radical (unpaired) electrons. The Kier molecular flexibility index (Phi) is 4.43. The van der Waals surface area contributed by atoms with E-state index >= 15 is 0 Å². The van der Waals surface area contributed by atoms with Crippen molar-refractivity contribution in [3.05, 3.63) is 24.3 Å². The SMILES string of the molecule is CC(C)n1nnnc1-c1ccccc1NC(=O)CC(F)(F)F. The number of hydrogen-bond donors (Lipinski definition) is 1. The molecule has 0 aliphatic carbocycles. The minimum absolute atomic E-state index is 0.0380. The maximum atomic E-state index is 12.3. The molecule has 0 spiro atoms. The van der Waals surface area contributed by atoms with Crippen molar-refractivity contribution >= 4 is 11.6 Å². The predicted molar refractivity (Wildman–Crippen MR) is 72.9 cm³/mol. The van der Waals surface area contributed by atoms with Crippen molar-refractivity contribution in [3.63, 3.8) is 0 Å². The molecule has 0 bridgehead atoms. The number of para-hydroxylation sites is 1. The molecule has 6 nitrogen and oxygen atoms in total. The van der Waals surface area contributed by atoms with Gasteiger partial charge >= 0.3 is 6.18 Å². The van der Waals surface area contributed by atoms with E-state index in [0.717, 1.165) is 0 Å². The number of nitrogens with one attached hydrogen (secondary N) is 1. The summed E-state index contributed by atoms with van der Waals surface area (Å²) in [6.07, 6.45) is -6.10. The third-order valence-corrected chi connectivity index (χ3v) is 2.79. The van der Waals surface area contributed by atoms with Gasteiger partial charge in [-0.15, -0.1) is 5.10 Å². The van der Waals surface area contributed by atoms with Crippen LogP contribution in [0.25, 0.3) is 11.4 Å². The van der Waals surface area contributed by atoms with Gasteiger partial charge in [0.15, 0.2) is 5.82 Å². The lowest BCUT2D eigenvalue weighted by atomic mass is 10.1. The van der Waals surface area contributed by atoms with Crippen LogP contribution in [0.5, 0.6) is 0 Å². The fraction of sp³-hybridized carbons (Fsp3) is 0.385. The zero-order valence-corrected chi connectivity index (χ0v) is 11.9. The van der Waals surface area contributed by atoms with E-state index in [4.69, 9.17) is 0 Å². The van der Waals surface area contributed by atoms with Crippen molar-refractivity contribution < 1.29 is 18.0 Å². The number of nitrogens with zero attached hydrogens (tertiary/aromatic N) is 4. The predicted octanol–water partition coefficient (Wildman–Crippen LogP) is 2.81. The number of tetrazole rings is 1. The van der Waals surface area contributed by atoms with Crippen LogP contribution in [0.3, 0.4) is 0 Å². The van der Waals surface area contributed by atoms with Gasteiger partial charge in [-0.2, -0.15) is 13.2 Å². The minimum atomic E-state index is -4.56.